The number of halogens is 1. The molecule has 1 aromatic carbocycles. The highest BCUT2D eigenvalue weighted by molar-refractivity contribution is 6.33. The van der Waals surface area contributed by atoms with Gasteiger partial charge in [-0.05, 0) is 37.8 Å². The molecule has 0 aliphatic heterocycles. The molecule has 4 amide bonds. The molecule has 0 bridgehead atoms. The molecule has 0 heterocycles. The Labute approximate surface area is 174 Å². The van der Waals surface area contributed by atoms with Crippen molar-refractivity contribution in [3.8, 4) is 0 Å². The first-order chi connectivity index (χ1) is 13.8. The van der Waals surface area contributed by atoms with E-state index in [2.05, 4.69) is 22.9 Å². The van der Waals surface area contributed by atoms with E-state index in [1.807, 2.05) is 0 Å². The smallest absolute Gasteiger partial charge is 0.328 e. The molecular weight excluding hydrogens is 398 g/mol. The lowest BCUT2D eigenvalue weighted by Gasteiger charge is -2.29. The van der Waals surface area contributed by atoms with Crippen LogP contribution in [0.1, 0.15) is 49.9 Å². The van der Waals surface area contributed by atoms with Crippen LogP contribution in [0.25, 0.3) is 0 Å². The summed E-state index contributed by atoms with van der Waals surface area (Å²) < 4.78 is 4.87. The highest BCUT2D eigenvalue weighted by Crippen LogP contribution is 2.23. The lowest BCUT2D eigenvalue weighted by atomic mass is 9.86. The van der Waals surface area contributed by atoms with Crippen LogP contribution in [0.3, 0.4) is 0 Å². The third kappa shape index (κ3) is 7.05. The predicted octanol–water partition coefficient (Wildman–Crippen LogP) is 2.41. The Morgan fingerprint density at radius 2 is 1.86 bits per heavy atom. The fourth-order valence-corrected chi connectivity index (χ4v) is 3.36. The average Bonchev–Trinajstić information content (AvgIpc) is 2.68. The van der Waals surface area contributed by atoms with Crippen LogP contribution >= 0.6 is 11.6 Å². The van der Waals surface area contributed by atoms with Gasteiger partial charge in [0.1, 0.15) is 6.04 Å². The average molecular weight is 424 g/mol. The second-order valence-electron chi connectivity index (χ2n) is 7.17. The highest BCUT2D eigenvalue weighted by Gasteiger charge is 2.24. The molecule has 1 aliphatic rings. The van der Waals surface area contributed by atoms with E-state index in [4.69, 9.17) is 16.3 Å². The first-order valence-corrected chi connectivity index (χ1v) is 9.98. The molecule has 1 aromatic rings. The Morgan fingerprint density at radius 1 is 1.17 bits per heavy atom. The number of carbonyl (C=O) groups excluding carboxylic acids is 4. The van der Waals surface area contributed by atoms with E-state index in [0.717, 1.165) is 25.7 Å². The van der Waals surface area contributed by atoms with Crippen LogP contribution in [0.4, 0.5) is 4.79 Å². The number of urea groups is 1. The van der Waals surface area contributed by atoms with E-state index in [1.54, 1.807) is 18.2 Å². The van der Waals surface area contributed by atoms with Crippen molar-refractivity contribution in [2.75, 3.05) is 6.61 Å². The fourth-order valence-electron chi connectivity index (χ4n) is 3.14. The maximum atomic E-state index is 12.1. The minimum absolute atomic E-state index is 0.0270. The summed E-state index contributed by atoms with van der Waals surface area (Å²) in [5.74, 6) is -1.73. The summed E-state index contributed by atoms with van der Waals surface area (Å²) in [4.78, 5) is 47.9. The standard InChI is InChI=1S/C20H26ClN3O5/c1-12-7-3-6-10-16(12)23-20(28)24-17(25)11-29-19(27)13(2)22-18(26)14-8-4-5-9-15(14)21/h4-5,8-9,12-13,16H,3,6-7,10-11H2,1-2H3,(H,22,26)(H2,23,24,25,28). The van der Waals surface area contributed by atoms with Crippen LogP contribution in [0.15, 0.2) is 24.3 Å². The van der Waals surface area contributed by atoms with Gasteiger partial charge in [0.15, 0.2) is 6.61 Å². The summed E-state index contributed by atoms with van der Waals surface area (Å²) >= 11 is 5.94. The topological polar surface area (TPSA) is 114 Å². The van der Waals surface area contributed by atoms with Crippen molar-refractivity contribution in [3.63, 3.8) is 0 Å². The lowest BCUT2D eigenvalue weighted by molar-refractivity contribution is -0.149. The minimum Gasteiger partial charge on any atom is -0.454 e. The molecule has 29 heavy (non-hydrogen) atoms. The van der Waals surface area contributed by atoms with E-state index in [1.165, 1.54) is 13.0 Å². The molecule has 8 nitrogen and oxygen atoms in total. The molecule has 0 spiro atoms. The molecule has 158 valence electrons. The van der Waals surface area contributed by atoms with Crippen molar-refractivity contribution >= 4 is 35.4 Å². The Kier molecular flexibility index (Phi) is 8.45. The zero-order valence-electron chi connectivity index (χ0n) is 16.5. The largest absolute Gasteiger partial charge is 0.454 e. The van der Waals surface area contributed by atoms with Gasteiger partial charge in [0, 0.05) is 6.04 Å². The van der Waals surface area contributed by atoms with Gasteiger partial charge in [0.05, 0.1) is 10.6 Å². The molecular formula is C20H26ClN3O5. The van der Waals surface area contributed by atoms with Crippen molar-refractivity contribution < 1.29 is 23.9 Å². The van der Waals surface area contributed by atoms with Crippen LogP contribution in [0, 0.1) is 5.92 Å². The SMILES string of the molecule is CC(NC(=O)c1ccccc1Cl)C(=O)OCC(=O)NC(=O)NC1CCCCC1C. The van der Waals surface area contributed by atoms with E-state index >= 15 is 0 Å². The number of nitrogens with one attached hydrogen (secondary N) is 3. The minimum atomic E-state index is -0.997. The number of carbonyl (C=O) groups is 4. The van der Waals surface area contributed by atoms with Crippen molar-refractivity contribution in [3.05, 3.63) is 34.9 Å². The van der Waals surface area contributed by atoms with Gasteiger partial charge in [-0.3, -0.25) is 14.9 Å². The van der Waals surface area contributed by atoms with Crippen LogP contribution in [0.2, 0.25) is 5.02 Å². The number of esters is 1. The highest BCUT2D eigenvalue weighted by atomic mass is 35.5. The number of hydrogen-bond acceptors (Lipinski definition) is 5. The first kappa shape index (κ1) is 22.7. The summed E-state index contributed by atoms with van der Waals surface area (Å²) in [6.45, 7) is 2.86. The van der Waals surface area contributed by atoms with Crippen LogP contribution in [-0.2, 0) is 14.3 Å². The fraction of sp³-hybridized carbons (Fsp3) is 0.500. The van der Waals surface area contributed by atoms with Gasteiger partial charge in [0.2, 0.25) is 0 Å². The summed E-state index contributed by atoms with van der Waals surface area (Å²) in [5, 5.41) is 7.63. The molecule has 1 aliphatic carbocycles. The summed E-state index contributed by atoms with van der Waals surface area (Å²) in [6.07, 6.45) is 4.09. The number of amides is 4. The maximum Gasteiger partial charge on any atom is 0.328 e. The van der Waals surface area contributed by atoms with E-state index in [0.29, 0.717) is 5.92 Å². The molecule has 2 rings (SSSR count). The molecule has 0 aromatic heterocycles. The van der Waals surface area contributed by atoms with Gasteiger partial charge in [0.25, 0.3) is 11.8 Å². The van der Waals surface area contributed by atoms with Gasteiger partial charge in [-0.15, -0.1) is 0 Å². The summed E-state index contributed by atoms with van der Waals surface area (Å²) in [6, 6.07) is 4.83. The van der Waals surface area contributed by atoms with Gasteiger partial charge in [-0.2, -0.15) is 0 Å². The maximum absolute atomic E-state index is 12.1. The quantitative estimate of drug-likeness (QED) is 0.608. The van der Waals surface area contributed by atoms with Crippen molar-refractivity contribution in [2.45, 2.75) is 51.6 Å². The number of hydrogen-bond donors (Lipinski definition) is 3. The number of rotatable bonds is 6. The van der Waals surface area contributed by atoms with E-state index in [9.17, 15) is 19.2 Å². The van der Waals surface area contributed by atoms with Crippen LogP contribution in [0.5, 0.6) is 0 Å². The molecule has 0 saturated heterocycles. The molecule has 9 heteroatoms. The zero-order chi connectivity index (χ0) is 21.4. The van der Waals surface area contributed by atoms with Gasteiger partial charge < -0.3 is 15.4 Å². The van der Waals surface area contributed by atoms with Crippen molar-refractivity contribution in [1.82, 2.24) is 16.0 Å². The third-order valence-corrected chi connectivity index (χ3v) is 5.18. The Hall–Kier alpha value is -2.61. The monoisotopic (exact) mass is 423 g/mol. The predicted molar refractivity (Wildman–Crippen MR) is 107 cm³/mol. The van der Waals surface area contributed by atoms with E-state index in [-0.39, 0.29) is 16.6 Å². The summed E-state index contributed by atoms with van der Waals surface area (Å²) in [5.41, 5.74) is 0.222. The number of imide groups is 1. The zero-order valence-corrected chi connectivity index (χ0v) is 17.3. The molecule has 3 atom stereocenters. The summed E-state index contributed by atoms with van der Waals surface area (Å²) in [7, 11) is 0. The second kappa shape index (κ2) is 10.8. The van der Waals surface area contributed by atoms with Crippen molar-refractivity contribution in [1.29, 1.82) is 0 Å². The molecule has 1 fully saturated rings. The van der Waals surface area contributed by atoms with Crippen LogP contribution in [-0.4, -0.2) is 42.5 Å². The number of benzene rings is 1. The second-order valence-corrected chi connectivity index (χ2v) is 7.58. The molecule has 0 radical (unpaired) electrons. The van der Waals surface area contributed by atoms with Gasteiger partial charge in [-0.25, -0.2) is 9.59 Å². The third-order valence-electron chi connectivity index (χ3n) is 4.85. The number of ether oxygens (including phenoxy) is 1. The molecule has 3 unspecified atom stereocenters. The Bertz CT molecular complexity index is 770. The molecule has 3 N–H and O–H groups in total. The first-order valence-electron chi connectivity index (χ1n) is 9.60. The lowest BCUT2D eigenvalue weighted by Crippen LogP contribution is -2.49. The Balaban J connectivity index is 1.73. The van der Waals surface area contributed by atoms with Gasteiger partial charge >= 0.3 is 12.0 Å². The van der Waals surface area contributed by atoms with Crippen LogP contribution < -0.4 is 16.0 Å². The van der Waals surface area contributed by atoms with Gasteiger partial charge in [-0.1, -0.05) is 43.5 Å². The van der Waals surface area contributed by atoms with Crippen molar-refractivity contribution in [2.24, 2.45) is 5.92 Å². The normalized spacial score (nSPS) is 19.6. The molecule has 1 saturated carbocycles. The van der Waals surface area contributed by atoms with E-state index < -0.39 is 36.5 Å². The Morgan fingerprint density at radius 3 is 2.55 bits per heavy atom.